The predicted octanol–water partition coefficient (Wildman–Crippen LogP) is 3.27. The molecule has 0 aromatic heterocycles. The van der Waals surface area contributed by atoms with Gasteiger partial charge in [0, 0.05) is 23.8 Å². The number of benzene rings is 2. The molecule has 6 nitrogen and oxygen atoms in total. The van der Waals surface area contributed by atoms with Crippen LogP contribution in [0.3, 0.4) is 0 Å². The minimum Gasteiger partial charge on any atom is -0.333 e. The van der Waals surface area contributed by atoms with Crippen molar-refractivity contribution >= 4 is 17.7 Å². The van der Waals surface area contributed by atoms with Crippen molar-refractivity contribution in [2.75, 3.05) is 0 Å². The molecule has 0 bridgehead atoms. The lowest BCUT2D eigenvalue weighted by Gasteiger charge is -2.11. The molecule has 0 aliphatic rings. The second kappa shape index (κ2) is 7.79. The van der Waals surface area contributed by atoms with Crippen molar-refractivity contribution in [1.82, 2.24) is 5.32 Å². The molecule has 1 atom stereocenters. The molecule has 2 aromatic carbocycles. The van der Waals surface area contributed by atoms with Gasteiger partial charge in [-0.25, -0.2) is 8.78 Å². The summed E-state index contributed by atoms with van der Waals surface area (Å²) in [7, 11) is 0. The number of amides is 1. The summed E-state index contributed by atoms with van der Waals surface area (Å²) in [4.78, 5) is 22.2. The van der Waals surface area contributed by atoms with E-state index in [1.807, 2.05) is 0 Å². The van der Waals surface area contributed by atoms with Crippen LogP contribution in [-0.2, 0) is 4.79 Å². The molecule has 0 radical (unpaired) electrons. The first-order chi connectivity index (χ1) is 11.9. The van der Waals surface area contributed by atoms with Crippen LogP contribution in [0.4, 0.5) is 14.5 Å². The van der Waals surface area contributed by atoms with E-state index >= 15 is 0 Å². The number of nitrogens with one attached hydrogen (secondary N) is 1. The maximum atomic E-state index is 13.7. The van der Waals surface area contributed by atoms with Gasteiger partial charge in [-0.3, -0.25) is 14.9 Å². The van der Waals surface area contributed by atoms with Crippen LogP contribution in [0.25, 0.3) is 6.08 Å². The Bertz CT molecular complexity index is 891. The normalized spacial score (nSPS) is 11.7. The van der Waals surface area contributed by atoms with Crippen molar-refractivity contribution in [2.45, 2.75) is 6.04 Å². The zero-order valence-corrected chi connectivity index (χ0v) is 12.6. The van der Waals surface area contributed by atoms with Crippen molar-refractivity contribution in [1.29, 1.82) is 5.26 Å². The Balaban J connectivity index is 2.16. The second-order valence-electron chi connectivity index (χ2n) is 4.89. The molecule has 0 saturated heterocycles. The third-order valence-corrected chi connectivity index (χ3v) is 3.24. The Labute approximate surface area is 141 Å². The number of nitriles is 1. The fourth-order valence-electron chi connectivity index (χ4n) is 2.07. The highest BCUT2D eigenvalue weighted by atomic mass is 19.1. The first-order valence-electron chi connectivity index (χ1n) is 6.99. The summed E-state index contributed by atoms with van der Waals surface area (Å²) in [5.41, 5.74) is -0.173. The summed E-state index contributed by atoms with van der Waals surface area (Å²) >= 11 is 0. The number of carbonyl (C=O) groups is 1. The van der Waals surface area contributed by atoms with Gasteiger partial charge in [-0.2, -0.15) is 5.26 Å². The van der Waals surface area contributed by atoms with Gasteiger partial charge in [0.25, 0.3) is 5.69 Å². The van der Waals surface area contributed by atoms with E-state index in [0.717, 1.165) is 18.2 Å². The monoisotopic (exact) mass is 343 g/mol. The smallest absolute Gasteiger partial charge is 0.276 e. The van der Waals surface area contributed by atoms with Gasteiger partial charge in [-0.15, -0.1) is 0 Å². The number of carbonyl (C=O) groups excluding carboxylic acids is 1. The molecule has 2 rings (SSSR count). The van der Waals surface area contributed by atoms with E-state index < -0.39 is 28.5 Å². The predicted molar refractivity (Wildman–Crippen MR) is 85.0 cm³/mol. The Hall–Kier alpha value is -3.60. The average Bonchev–Trinajstić information content (AvgIpc) is 2.58. The highest BCUT2D eigenvalue weighted by molar-refractivity contribution is 5.92. The quantitative estimate of drug-likeness (QED) is 0.512. The number of nitro groups is 1. The van der Waals surface area contributed by atoms with Crippen molar-refractivity contribution in [3.63, 3.8) is 0 Å². The van der Waals surface area contributed by atoms with E-state index in [4.69, 9.17) is 5.26 Å². The van der Waals surface area contributed by atoms with Gasteiger partial charge >= 0.3 is 0 Å². The SMILES string of the molecule is N#C[C@H](NC(=O)/C=C\c1ccccc1[N+](=O)[O-])c1ccc(F)cc1F. The molecule has 0 saturated carbocycles. The number of halogens is 2. The Morgan fingerprint density at radius 2 is 2.00 bits per heavy atom. The van der Waals surface area contributed by atoms with Crippen LogP contribution in [-0.4, -0.2) is 10.8 Å². The number of para-hydroxylation sites is 1. The lowest BCUT2D eigenvalue weighted by Crippen LogP contribution is -2.26. The van der Waals surface area contributed by atoms with Crippen molar-refractivity contribution < 1.29 is 18.5 Å². The third-order valence-electron chi connectivity index (χ3n) is 3.24. The average molecular weight is 343 g/mol. The molecule has 0 heterocycles. The molecule has 0 aliphatic heterocycles. The molecule has 1 N–H and O–H groups in total. The van der Waals surface area contributed by atoms with Gasteiger partial charge in [-0.05, 0) is 18.2 Å². The van der Waals surface area contributed by atoms with E-state index in [0.29, 0.717) is 6.07 Å². The fraction of sp³-hybridized carbons (Fsp3) is 0.0588. The van der Waals surface area contributed by atoms with Gasteiger partial charge in [0.15, 0.2) is 0 Å². The maximum Gasteiger partial charge on any atom is 0.276 e. The van der Waals surface area contributed by atoms with E-state index in [-0.39, 0.29) is 16.8 Å². The molecule has 0 unspecified atom stereocenters. The van der Waals surface area contributed by atoms with Crippen LogP contribution in [0.5, 0.6) is 0 Å². The summed E-state index contributed by atoms with van der Waals surface area (Å²) in [6, 6.07) is 8.79. The lowest BCUT2D eigenvalue weighted by atomic mass is 10.1. The largest absolute Gasteiger partial charge is 0.333 e. The molecular weight excluding hydrogens is 332 g/mol. The maximum absolute atomic E-state index is 13.7. The highest BCUT2D eigenvalue weighted by Crippen LogP contribution is 2.20. The van der Waals surface area contributed by atoms with Crippen molar-refractivity contribution in [2.24, 2.45) is 0 Å². The van der Waals surface area contributed by atoms with Crippen molar-refractivity contribution in [3.05, 3.63) is 81.4 Å². The third kappa shape index (κ3) is 4.45. The van der Waals surface area contributed by atoms with Gasteiger partial charge < -0.3 is 5.32 Å². The molecule has 2 aromatic rings. The molecule has 0 fully saturated rings. The summed E-state index contributed by atoms with van der Waals surface area (Å²) < 4.78 is 26.6. The number of nitrogens with zero attached hydrogens (tertiary/aromatic N) is 2. The van der Waals surface area contributed by atoms with Crippen LogP contribution in [0, 0.1) is 33.1 Å². The summed E-state index contributed by atoms with van der Waals surface area (Å²) in [6.07, 6.45) is 2.21. The van der Waals surface area contributed by atoms with E-state index in [2.05, 4.69) is 5.32 Å². The Kier molecular flexibility index (Phi) is 5.53. The van der Waals surface area contributed by atoms with E-state index in [1.54, 1.807) is 12.1 Å². The first kappa shape index (κ1) is 17.7. The molecular formula is C17H11F2N3O3. The highest BCUT2D eigenvalue weighted by Gasteiger charge is 2.17. The number of hydrogen-bond acceptors (Lipinski definition) is 4. The van der Waals surface area contributed by atoms with Crippen LogP contribution in [0.2, 0.25) is 0 Å². The Morgan fingerprint density at radius 1 is 1.28 bits per heavy atom. The van der Waals surface area contributed by atoms with Crippen LogP contribution in [0.1, 0.15) is 17.2 Å². The minimum atomic E-state index is -1.33. The van der Waals surface area contributed by atoms with Crippen molar-refractivity contribution in [3.8, 4) is 6.07 Å². The van der Waals surface area contributed by atoms with Crippen LogP contribution >= 0.6 is 0 Å². The summed E-state index contributed by atoms with van der Waals surface area (Å²) in [5, 5.41) is 22.2. The molecule has 1 amide bonds. The summed E-state index contributed by atoms with van der Waals surface area (Å²) in [6.45, 7) is 0. The van der Waals surface area contributed by atoms with E-state index in [9.17, 15) is 23.7 Å². The van der Waals surface area contributed by atoms with Gasteiger partial charge in [0.05, 0.1) is 16.6 Å². The minimum absolute atomic E-state index is 0.184. The molecule has 8 heteroatoms. The number of nitro benzene ring substituents is 1. The standard InChI is InChI=1S/C17H11F2N3O3/c18-12-6-7-13(14(19)9-12)15(10-20)21-17(23)8-5-11-3-1-2-4-16(11)22(24)25/h1-9,15H,(H,21,23)/b8-5-/t15-/m0/s1. The first-order valence-corrected chi connectivity index (χ1v) is 6.99. The molecule has 0 aliphatic carbocycles. The van der Waals surface area contributed by atoms with Crippen LogP contribution < -0.4 is 5.32 Å². The summed E-state index contributed by atoms with van der Waals surface area (Å²) in [5.74, 6) is -2.52. The lowest BCUT2D eigenvalue weighted by molar-refractivity contribution is -0.385. The number of rotatable bonds is 5. The number of hydrogen-bond donors (Lipinski definition) is 1. The van der Waals surface area contributed by atoms with Gasteiger partial charge in [0.2, 0.25) is 5.91 Å². The molecule has 126 valence electrons. The second-order valence-corrected chi connectivity index (χ2v) is 4.89. The molecule has 25 heavy (non-hydrogen) atoms. The zero-order chi connectivity index (χ0) is 18.4. The van der Waals surface area contributed by atoms with Crippen LogP contribution in [0.15, 0.2) is 48.5 Å². The molecule has 0 spiro atoms. The topological polar surface area (TPSA) is 96.0 Å². The van der Waals surface area contributed by atoms with Gasteiger partial charge in [0.1, 0.15) is 17.7 Å². The van der Waals surface area contributed by atoms with Gasteiger partial charge in [-0.1, -0.05) is 18.2 Å². The fourth-order valence-corrected chi connectivity index (χ4v) is 2.07. The zero-order valence-electron chi connectivity index (χ0n) is 12.6. The van der Waals surface area contributed by atoms with E-state index in [1.165, 1.54) is 24.3 Å². The Morgan fingerprint density at radius 3 is 2.64 bits per heavy atom.